The Balaban J connectivity index is 1.81. The van der Waals surface area contributed by atoms with Gasteiger partial charge in [-0.25, -0.2) is 0 Å². The van der Waals surface area contributed by atoms with Crippen molar-refractivity contribution >= 4 is 21.8 Å². The minimum atomic E-state index is 0.00825. The maximum absolute atomic E-state index is 11.8. The Morgan fingerprint density at radius 3 is 2.85 bits per heavy atom. The summed E-state index contributed by atoms with van der Waals surface area (Å²) in [5, 5.41) is 11.3. The minimum absolute atomic E-state index is 0.00825. The molecule has 2 heterocycles. The van der Waals surface area contributed by atoms with Crippen molar-refractivity contribution in [3.8, 4) is 0 Å². The molecule has 0 aliphatic heterocycles. The molecule has 6 nitrogen and oxygen atoms in total. The van der Waals surface area contributed by atoms with Crippen LogP contribution in [0.1, 0.15) is 24.6 Å². The van der Waals surface area contributed by atoms with Crippen LogP contribution in [0.3, 0.4) is 0 Å². The van der Waals surface area contributed by atoms with Crippen LogP contribution in [0.25, 0.3) is 0 Å². The van der Waals surface area contributed by atoms with E-state index < -0.39 is 0 Å². The maximum Gasteiger partial charge on any atom is 0.222 e. The Bertz CT molecular complexity index is 589. The highest BCUT2D eigenvalue weighted by Crippen LogP contribution is 2.15. The first-order valence-corrected chi connectivity index (χ1v) is 7.35. The van der Waals surface area contributed by atoms with E-state index in [1.165, 1.54) is 0 Å². The number of halogens is 1. The van der Waals surface area contributed by atoms with Crippen LogP contribution in [0.2, 0.25) is 0 Å². The number of rotatable bonds is 6. The normalized spacial score (nSPS) is 10.8. The fourth-order valence-corrected chi connectivity index (χ4v) is 2.35. The van der Waals surface area contributed by atoms with Crippen LogP contribution in [0, 0.1) is 6.92 Å². The van der Waals surface area contributed by atoms with Gasteiger partial charge in [0.2, 0.25) is 5.91 Å². The zero-order valence-corrected chi connectivity index (χ0v) is 13.2. The van der Waals surface area contributed by atoms with E-state index in [1.54, 1.807) is 17.1 Å². The zero-order chi connectivity index (χ0) is 14.5. The van der Waals surface area contributed by atoms with E-state index in [0.29, 0.717) is 19.5 Å². The summed E-state index contributed by atoms with van der Waals surface area (Å²) in [6.07, 6.45) is 5.88. The van der Waals surface area contributed by atoms with Gasteiger partial charge in [-0.3, -0.25) is 14.2 Å². The first kappa shape index (κ1) is 14.8. The van der Waals surface area contributed by atoms with Gasteiger partial charge in [-0.2, -0.15) is 10.2 Å². The molecule has 20 heavy (non-hydrogen) atoms. The fourth-order valence-electron chi connectivity index (χ4n) is 1.91. The lowest BCUT2D eigenvalue weighted by Gasteiger charge is -2.08. The van der Waals surface area contributed by atoms with E-state index in [4.69, 9.17) is 0 Å². The Hall–Kier alpha value is -1.63. The molecule has 0 aliphatic rings. The van der Waals surface area contributed by atoms with Gasteiger partial charge in [0.05, 0.1) is 29.1 Å². The van der Waals surface area contributed by atoms with Gasteiger partial charge in [0.25, 0.3) is 0 Å². The molecule has 1 amide bonds. The quantitative estimate of drug-likeness (QED) is 0.873. The van der Waals surface area contributed by atoms with Crippen LogP contribution in [-0.2, 0) is 24.4 Å². The number of nitrogens with zero attached hydrogens (tertiary/aromatic N) is 4. The van der Waals surface area contributed by atoms with Crippen molar-refractivity contribution in [2.24, 2.45) is 0 Å². The summed E-state index contributed by atoms with van der Waals surface area (Å²) in [7, 11) is 0. The Kier molecular flexibility index (Phi) is 4.94. The Labute approximate surface area is 126 Å². The van der Waals surface area contributed by atoms with Gasteiger partial charge >= 0.3 is 0 Å². The van der Waals surface area contributed by atoms with Crippen molar-refractivity contribution in [2.75, 3.05) is 0 Å². The summed E-state index contributed by atoms with van der Waals surface area (Å²) in [5.41, 5.74) is 2.08. The van der Waals surface area contributed by atoms with Gasteiger partial charge in [0.1, 0.15) is 0 Å². The number of aryl methyl sites for hydroxylation is 3. The Morgan fingerprint density at radius 2 is 2.20 bits per heavy atom. The molecular formula is C13H18BrN5O. The number of hydrogen-bond acceptors (Lipinski definition) is 3. The highest BCUT2D eigenvalue weighted by Gasteiger charge is 2.09. The summed E-state index contributed by atoms with van der Waals surface area (Å²) in [6, 6.07) is 0. The molecule has 0 radical (unpaired) electrons. The van der Waals surface area contributed by atoms with Crippen LogP contribution < -0.4 is 5.32 Å². The van der Waals surface area contributed by atoms with E-state index >= 15 is 0 Å². The van der Waals surface area contributed by atoms with Crippen molar-refractivity contribution in [1.29, 1.82) is 0 Å². The second-order valence-corrected chi connectivity index (χ2v) is 5.42. The van der Waals surface area contributed by atoms with Crippen molar-refractivity contribution < 1.29 is 4.79 Å². The minimum Gasteiger partial charge on any atom is -0.350 e. The number of carbonyl (C=O) groups is 1. The first-order chi connectivity index (χ1) is 9.60. The molecular weight excluding hydrogens is 322 g/mol. The highest BCUT2D eigenvalue weighted by molar-refractivity contribution is 9.10. The third-order valence-electron chi connectivity index (χ3n) is 2.98. The molecule has 2 aromatic heterocycles. The van der Waals surface area contributed by atoms with Gasteiger partial charge in [0, 0.05) is 25.7 Å². The second-order valence-electron chi connectivity index (χ2n) is 4.56. The van der Waals surface area contributed by atoms with Gasteiger partial charge in [-0.05, 0) is 35.3 Å². The van der Waals surface area contributed by atoms with Crippen LogP contribution in [0.4, 0.5) is 0 Å². The third-order valence-corrected chi connectivity index (χ3v) is 3.64. The third kappa shape index (κ3) is 3.69. The van der Waals surface area contributed by atoms with Crippen LogP contribution in [0.15, 0.2) is 23.1 Å². The van der Waals surface area contributed by atoms with Crippen LogP contribution in [0.5, 0.6) is 0 Å². The number of aromatic nitrogens is 4. The number of nitrogens with one attached hydrogen (secondary N) is 1. The zero-order valence-electron chi connectivity index (χ0n) is 11.6. The molecule has 0 spiro atoms. The van der Waals surface area contributed by atoms with E-state index in [0.717, 1.165) is 22.3 Å². The van der Waals surface area contributed by atoms with Crippen molar-refractivity contribution in [2.45, 2.75) is 39.9 Å². The molecule has 2 aromatic rings. The van der Waals surface area contributed by atoms with E-state index in [9.17, 15) is 4.79 Å². The van der Waals surface area contributed by atoms with Crippen LogP contribution >= 0.6 is 15.9 Å². The lowest BCUT2D eigenvalue weighted by molar-refractivity contribution is -0.121. The summed E-state index contributed by atoms with van der Waals surface area (Å²) in [5.74, 6) is 0.00825. The topological polar surface area (TPSA) is 64.7 Å². The Morgan fingerprint density at radius 1 is 1.40 bits per heavy atom. The van der Waals surface area contributed by atoms with Crippen molar-refractivity contribution in [3.63, 3.8) is 0 Å². The lowest BCUT2D eigenvalue weighted by Crippen LogP contribution is -2.25. The van der Waals surface area contributed by atoms with Gasteiger partial charge in [0.15, 0.2) is 0 Å². The van der Waals surface area contributed by atoms with Gasteiger partial charge < -0.3 is 5.32 Å². The molecule has 1 N–H and O–H groups in total. The van der Waals surface area contributed by atoms with Gasteiger partial charge in [-0.1, -0.05) is 0 Å². The molecule has 0 aliphatic carbocycles. The number of hydrogen-bond donors (Lipinski definition) is 1. The monoisotopic (exact) mass is 339 g/mol. The summed E-state index contributed by atoms with van der Waals surface area (Å²) < 4.78 is 4.56. The molecule has 0 bridgehead atoms. The van der Waals surface area contributed by atoms with Crippen molar-refractivity contribution in [3.05, 3.63) is 34.3 Å². The van der Waals surface area contributed by atoms with E-state index in [-0.39, 0.29) is 5.91 Å². The lowest BCUT2D eigenvalue weighted by atomic mass is 10.3. The molecule has 7 heteroatoms. The highest BCUT2D eigenvalue weighted by atomic mass is 79.9. The SMILES string of the molecule is CCn1ncc(Br)c1CNC(=O)CCn1cc(C)cn1. The molecule has 2 rings (SSSR count). The molecule has 108 valence electrons. The molecule has 0 saturated heterocycles. The average Bonchev–Trinajstić information content (AvgIpc) is 3.00. The standard InChI is InChI=1S/C13H18BrN5O/c1-3-19-12(11(14)7-17-19)8-15-13(20)4-5-18-9-10(2)6-16-18/h6-7,9H,3-5,8H2,1-2H3,(H,15,20). The second kappa shape index (κ2) is 6.69. The van der Waals surface area contributed by atoms with Crippen LogP contribution in [-0.4, -0.2) is 25.5 Å². The maximum atomic E-state index is 11.8. The molecule has 0 unspecified atom stereocenters. The molecule has 0 saturated carbocycles. The smallest absolute Gasteiger partial charge is 0.222 e. The average molecular weight is 340 g/mol. The summed E-state index contributed by atoms with van der Waals surface area (Å²) in [4.78, 5) is 11.8. The number of amides is 1. The summed E-state index contributed by atoms with van der Waals surface area (Å²) in [6.45, 7) is 5.85. The number of carbonyl (C=O) groups excluding carboxylic acids is 1. The largest absolute Gasteiger partial charge is 0.350 e. The molecule has 0 fully saturated rings. The summed E-state index contributed by atoms with van der Waals surface area (Å²) >= 11 is 3.44. The predicted octanol–water partition coefficient (Wildman–Crippen LogP) is 1.88. The van der Waals surface area contributed by atoms with E-state index in [2.05, 4.69) is 31.4 Å². The van der Waals surface area contributed by atoms with Crippen molar-refractivity contribution in [1.82, 2.24) is 24.9 Å². The molecule has 0 atom stereocenters. The van der Waals surface area contributed by atoms with Gasteiger partial charge in [-0.15, -0.1) is 0 Å². The fraction of sp³-hybridized carbons (Fsp3) is 0.462. The first-order valence-electron chi connectivity index (χ1n) is 6.56. The predicted molar refractivity (Wildman–Crippen MR) is 79.0 cm³/mol. The van der Waals surface area contributed by atoms with E-state index in [1.807, 2.05) is 24.7 Å². The molecule has 0 aromatic carbocycles.